The molecule has 4 nitrogen and oxygen atoms in total. The molecular weight excluding hydrogens is 226 g/mol. The van der Waals surface area contributed by atoms with Crippen LogP contribution in [0.25, 0.3) is 0 Å². The molecule has 0 spiro atoms. The van der Waals surface area contributed by atoms with Crippen LogP contribution in [0, 0.1) is 0 Å². The zero-order valence-electron chi connectivity index (χ0n) is 12.0. The Kier molecular flexibility index (Phi) is 5.01. The first-order chi connectivity index (χ1) is 8.61. The standard InChI is InChI=1S/C14H29N3O/c1-14(12-18,15-13-4-5-13)6-9-17-8-3-7-16(2)10-11-17/h13,15,18H,3-12H2,1-2H3. The van der Waals surface area contributed by atoms with Crippen LogP contribution in [0.15, 0.2) is 0 Å². The molecule has 2 aliphatic rings. The third kappa shape index (κ3) is 4.50. The minimum absolute atomic E-state index is 0.0840. The first-order valence-corrected chi connectivity index (χ1v) is 7.41. The molecular formula is C14H29N3O. The van der Waals surface area contributed by atoms with Crippen molar-refractivity contribution in [2.75, 3.05) is 46.4 Å². The normalized spacial score (nSPS) is 26.8. The average molecular weight is 255 g/mol. The van der Waals surface area contributed by atoms with E-state index in [0.717, 1.165) is 13.0 Å². The van der Waals surface area contributed by atoms with Gasteiger partial charge in [-0.1, -0.05) is 0 Å². The van der Waals surface area contributed by atoms with Gasteiger partial charge in [0.2, 0.25) is 0 Å². The molecule has 0 aromatic carbocycles. The summed E-state index contributed by atoms with van der Waals surface area (Å²) in [5.74, 6) is 0. The molecule has 1 atom stereocenters. The molecule has 2 fully saturated rings. The predicted octanol–water partition coefficient (Wildman–Crippen LogP) is 0.517. The minimum Gasteiger partial charge on any atom is -0.394 e. The predicted molar refractivity (Wildman–Crippen MR) is 74.8 cm³/mol. The van der Waals surface area contributed by atoms with Crippen LogP contribution in [0.1, 0.15) is 32.6 Å². The SMILES string of the molecule is CN1CCCN(CCC(C)(CO)NC2CC2)CC1. The summed E-state index contributed by atoms with van der Waals surface area (Å²) in [4.78, 5) is 4.96. The largest absolute Gasteiger partial charge is 0.394 e. The van der Waals surface area contributed by atoms with Gasteiger partial charge in [0.15, 0.2) is 0 Å². The van der Waals surface area contributed by atoms with Crippen LogP contribution in [0.4, 0.5) is 0 Å². The Bertz CT molecular complexity index is 257. The number of hydrogen-bond acceptors (Lipinski definition) is 4. The first-order valence-electron chi connectivity index (χ1n) is 7.41. The van der Waals surface area contributed by atoms with Gasteiger partial charge in [-0.2, -0.15) is 0 Å². The summed E-state index contributed by atoms with van der Waals surface area (Å²) < 4.78 is 0. The highest BCUT2D eigenvalue weighted by Gasteiger charge is 2.32. The summed E-state index contributed by atoms with van der Waals surface area (Å²) in [6.07, 6.45) is 4.88. The lowest BCUT2D eigenvalue weighted by Gasteiger charge is -2.32. The van der Waals surface area contributed by atoms with Gasteiger partial charge in [0.1, 0.15) is 0 Å². The first kappa shape index (κ1) is 14.3. The maximum absolute atomic E-state index is 9.60. The smallest absolute Gasteiger partial charge is 0.0611 e. The summed E-state index contributed by atoms with van der Waals surface area (Å²) >= 11 is 0. The summed E-state index contributed by atoms with van der Waals surface area (Å²) in [6.45, 7) is 8.27. The minimum atomic E-state index is -0.0840. The zero-order chi connectivity index (χ0) is 13.0. The number of hydrogen-bond donors (Lipinski definition) is 2. The van der Waals surface area contributed by atoms with Gasteiger partial charge >= 0.3 is 0 Å². The molecule has 0 aromatic heterocycles. The third-order valence-electron chi connectivity index (χ3n) is 4.27. The van der Waals surface area contributed by atoms with Gasteiger partial charge in [-0.05, 0) is 52.7 Å². The molecule has 106 valence electrons. The lowest BCUT2D eigenvalue weighted by Crippen LogP contribution is -2.49. The molecule has 18 heavy (non-hydrogen) atoms. The second kappa shape index (κ2) is 6.33. The second-order valence-corrected chi connectivity index (χ2v) is 6.39. The van der Waals surface area contributed by atoms with E-state index < -0.39 is 0 Å². The van der Waals surface area contributed by atoms with Crippen molar-refractivity contribution in [3.8, 4) is 0 Å². The Labute approximate surface area is 111 Å². The van der Waals surface area contributed by atoms with Crippen LogP contribution >= 0.6 is 0 Å². The monoisotopic (exact) mass is 255 g/mol. The number of nitrogens with one attached hydrogen (secondary N) is 1. The third-order valence-corrected chi connectivity index (χ3v) is 4.27. The molecule has 1 saturated heterocycles. The van der Waals surface area contributed by atoms with Crippen molar-refractivity contribution in [3.05, 3.63) is 0 Å². The molecule has 2 rings (SSSR count). The van der Waals surface area contributed by atoms with Crippen LogP contribution in [0.5, 0.6) is 0 Å². The van der Waals surface area contributed by atoms with Gasteiger partial charge in [0.05, 0.1) is 6.61 Å². The Morgan fingerprint density at radius 1 is 1.22 bits per heavy atom. The fraction of sp³-hybridized carbons (Fsp3) is 1.00. The van der Waals surface area contributed by atoms with E-state index in [-0.39, 0.29) is 12.1 Å². The second-order valence-electron chi connectivity index (χ2n) is 6.39. The molecule has 1 aliphatic heterocycles. The Morgan fingerprint density at radius 2 is 2.00 bits per heavy atom. The fourth-order valence-electron chi connectivity index (χ4n) is 2.65. The van der Waals surface area contributed by atoms with Gasteiger partial charge in [-0.15, -0.1) is 0 Å². The van der Waals surface area contributed by atoms with Crippen LogP contribution in [-0.4, -0.2) is 72.9 Å². The van der Waals surface area contributed by atoms with E-state index in [1.165, 1.54) is 45.4 Å². The molecule has 0 amide bonds. The number of rotatable bonds is 6. The van der Waals surface area contributed by atoms with Crippen LogP contribution in [0.3, 0.4) is 0 Å². The lowest BCUT2D eigenvalue weighted by atomic mass is 9.98. The topological polar surface area (TPSA) is 38.7 Å². The van der Waals surface area contributed by atoms with E-state index in [2.05, 4.69) is 29.1 Å². The Hall–Kier alpha value is -0.160. The Morgan fingerprint density at radius 3 is 2.67 bits per heavy atom. The van der Waals surface area contributed by atoms with E-state index in [9.17, 15) is 5.11 Å². The van der Waals surface area contributed by atoms with Crippen molar-refractivity contribution in [3.63, 3.8) is 0 Å². The van der Waals surface area contributed by atoms with Gasteiger partial charge in [0.25, 0.3) is 0 Å². The van der Waals surface area contributed by atoms with Gasteiger partial charge in [-0.25, -0.2) is 0 Å². The molecule has 1 saturated carbocycles. The van der Waals surface area contributed by atoms with Crippen LogP contribution < -0.4 is 5.32 Å². The maximum Gasteiger partial charge on any atom is 0.0611 e. The van der Waals surface area contributed by atoms with E-state index >= 15 is 0 Å². The van der Waals surface area contributed by atoms with Crippen molar-refractivity contribution in [2.24, 2.45) is 0 Å². The van der Waals surface area contributed by atoms with E-state index in [4.69, 9.17) is 0 Å². The molecule has 0 radical (unpaired) electrons. The highest BCUT2D eigenvalue weighted by molar-refractivity contribution is 4.92. The van der Waals surface area contributed by atoms with E-state index in [1.54, 1.807) is 0 Å². The van der Waals surface area contributed by atoms with E-state index in [0.29, 0.717) is 6.04 Å². The molecule has 2 N–H and O–H groups in total. The average Bonchev–Trinajstić information content (AvgIpc) is 3.16. The highest BCUT2D eigenvalue weighted by atomic mass is 16.3. The molecule has 1 heterocycles. The number of aliphatic hydroxyl groups excluding tert-OH is 1. The fourth-order valence-corrected chi connectivity index (χ4v) is 2.65. The van der Waals surface area contributed by atoms with E-state index in [1.807, 2.05) is 0 Å². The highest BCUT2D eigenvalue weighted by Crippen LogP contribution is 2.24. The number of aliphatic hydroxyl groups is 1. The number of nitrogens with zero attached hydrogens (tertiary/aromatic N) is 2. The maximum atomic E-state index is 9.60. The van der Waals surface area contributed by atoms with Crippen molar-refractivity contribution in [1.29, 1.82) is 0 Å². The summed E-state index contributed by atoms with van der Waals surface area (Å²) in [5, 5.41) is 13.2. The van der Waals surface area contributed by atoms with Crippen molar-refractivity contribution >= 4 is 0 Å². The molecule has 0 bridgehead atoms. The Balaban J connectivity index is 1.74. The summed E-state index contributed by atoms with van der Waals surface area (Å²) in [6, 6.07) is 0.664. The number of likely N-dealkylation sites (N-methyl/N-ethyl adjacent to an activating group) is 1. The van der Waals surface area contributed by atoms with Crippen molar-refractivity contribution < 1.29 is 5.11 Å². The summed E-state index contributed by atoms with van der Waals surface area (Å²) in [5.41, 5.74) is -0.0840. The van der Waals surface area contributed by atoms with Crippen LogP contribution in [0.2, 0.25) is 0 Å². The molecule has 0 aromatic rings. The summed E-state index contributed by atoms with van der Waals surface area (Å²) in [7, 11) is 2.20. The molecule has 1 aliphatic carbocycles. The zero-order valence-corrected chi connectivity index (χ0v) is 12.0. The van der Waals surface area contributed by atoms with Crippen molar-refractivity contribution in [2.45, 2.75) is 44.2 Å². The lowest BCUT2D eigenvalue weighted by molar-refractivity contribution is 0.144. The quantitative estimate of drug-likeness (QED) is 0.726. The van der Waals surface area contributed by atoms with Gasteiger partial charge in [-0.3, -0.25) is 0 Å². The molecule has 1 unspecified atom stereocenters. The van der Waals surface area contributed by atoms with Gasteiger partial charge < -0.3 is 20.2 Å². The van der Waals surface area contributed by atoms with Crippen LogP contribution in [-0.2, 0) is 0 Å². The van der Waals surface area contributed by atoms with Gasteiger partial charge in [0, 0.05) is 31.2 Å². The van der Waals surface area contributed by atoms with Crippen molar-refractivity contribution in [1.82, 2.24) is 15.1 Å². The molecule has 4 heteroatoms.